The Morgan fingerprint density at radius 1 is 1.13 bits per heavy atom. The average molecular weight is 431 g/mol. The minimum Gasteiger partial charge on any atom is -0.431 e. The number of alkyl halides is 5. The van der Waals surface area contributed by atoms with E-state index in [1.54, 1.807) is 4.90 Å². The second-order valence-corrected chi connectivity index (χ2v) is 7.10. The van der Waals surface area contributed by atoms with Gasteiger partial charge in [0.25, 0.3) is 0 Å². The molecule has 1 saturated heterocycles. The number of hydrogen-bond acceptors (Lipinski definition) is 7. The third kappa shape index (κ3) is 3.83. The van der Waals surface area contributed by atoms with Gasteiger partial charge in [0.15, 0.2) is 11.6 Å². The third-order valence-corrected chi connectivity index (χ3v) is 5.16. The minimum absolute atomic E-state index is 0.109. The van der Waals surface area contributed by atoms with E-state index < -0.39 is 18.2 Å². The highest BCUT2D eigenvalue weighted by atomic mass is 19.4. The number of anilines is 2. The van der Waals surface area contributed by atoms with Crippen molar-refractivity contribution in [2.75, 3.05) is 36.9 Å². The summed E-state index contributed by atoms with van der Waals surface area (Å²) in [6.07, 6.45) is -3.47. The summed E-state index contributed by atoms with van der Waals surface area (Å²) in [5.74, 6) is -0.688. The van der Waals surface area contributed by atoms with Gasteiger partial charge in [-0.25, -0.2) is 15.0 Å². The molecule has 2 fully saturated rings. The first kappa shape index (κ1) is 20.5. The van der Waals surface area contributed by atoms with Gasteiger partial charge in [-0.15, -0.1) is 0 Å². The van der Waals surface area contributed by atoms with Crippen molar-refractivity contribution < 1.29 is 31.4 Å². The smallest absolute Gasteiger partial charge is 0.401 e. The number of hydrogen-bond donors (Lipinski definition) is 1. The van der Waals surface area contributed by atoms with E-state index in [-0.39, 0.29) is 41.5 Å². The number of rotatable bonds is 5. The molecule has 1 aliphatic heterocycles. The summed E-state index contributed by atoms with van der Waals surface area (Å²) in [6, 6.07) is 2.68. The Morgan fingerprint density at radius 2 is 1.83 bits per heavy atom. The van der Waals surface area contributed by atoms with Crippen LogP contribution >= 0.6 is 0 Å². The van der Waals surface area contributed by atoms with Crippen LogP contribution in [0.2, 0.25) is 0 Å². The molecule has 1 saturated carbocycles. The molecule has 7 nitrogen and oxygen atoms in total. The standard InChI is InChI=1S/C18H18F5N5O2/c19-16(20)30-12-7-10(9-25-14(12)24)11-8-13(28-3-5-29-6-4-28)27-15(26-11)17(1-2-17)18(21,22)23/h7-9,16H,1-6H2,(H2,24,25). The Labute approximate surface area is 168 Å². The minimum atomic E-state index is -4.50. The molecule has 2 aromatic heterocycles. The van der Waals surface area contributed by atoms with Gasteiger partial charge in [-0.1, -0.05) is 0 Å². The number of ether oxygens (including phenoxy) is 2. The van der Waals surface area contributed by atoms with Crippen LogP contribution in [-0.2, 0) is 10.2 Å². The van der Waals surface area contributed by atoms with Crippen LogP contribution in [0.4, 0.5) is 33.6 Å². The van der Waals surface area contributed by atoms with E-state index in [1.807, 2.05) is 0 Å². The molecule has 3 heterocycles. The molecule has 4 rings (SSSR count). The average Bonchev–Trinajstić information content (AvgIpc) is 3.52. The number of nitrogens with zero attached hydrogens (tertiary/aromatic N) is 4. The highest BCUT2D eigenvalue weighted by Gasteiger charge is 2.66. The van der Waals surface area contributed by atoms with Crippen molar-refractivity contribution in [3.63, 3.8) is 0 Å². The molecule has 162 valence electrons. The van der Waals surface area contributed by atoms with Gasteiger partial charge < -0.3 is 20.1 Å². The van der Waals surface area contributed by atoms with Crippen LogP contribution in [0, 0.1) is 0 Å². The molecule has 0 amide bonds. The zero-order valence-electron chi connectivity index (χ0n) is 15.6. The van der Waals surface area contributed by atoms with Crippen molar-refractivity contribution in [1.82, 2.24) is 15.0 Å². The van der Waals surface area contributed by atoms with E-state index in [4.69, 9.17) is 10.5 Å². The van der Waals surface area contributed by atoms with Crippen LogP contribution in [-0.4, -0.2) is 54.0 Å². The number of nitrogen functional groups attached to an aromatic ring is 1. The molecule has 2 N–H and O–H groups in total. The lowest BCUT2D eigenvalue weighted by molar-refractivity contribution is -0.162. The molecule has 1 aliphatic carbocycles. The van der Waals surface area contributed by atoms with Gasteiger partial charge in [0.2, 0.25) is 0 Å². The largest absolute Gasteiger partial charge is 0.431 e. The lowest BCUT2D eigenvalue weighted by Crippen LogP contribution is -2.38. The maximum absolute atomic E-state index is 13.7. The molecule has 0 radical (unpaired) electrons. The van der Waals surface area contributed by atoms with Crippen LogP contribution in [0.15, 0.2) is 18.3 Å². The van der Waals surface area contributed by atoms with Crippen molar-refractivity contribution in [3.8, 4) is 17.0 Å². The summed E-state index contributed by atoms with van der Waals surface area (Å²) < 4.78 is 76.0. The lowest BCUT2D eigenvalue weighted by atomic mass is 10.0. The van der Waals surface area contributed by atoms with Crippen LogP contribution in [0.1, 0.15) is 18.7 Å². The molecule has 2 aliphatic rings. The van der Waals surface area contributed by atoms with Crippen molar-refractivity contribution in [1.29, 1.82) is 0 Å². The van der Waals surface area contributed by atoms with Crippen LogP contribution in [0.25, 0.3) is 11.3 Å². The van der Waals surface area contributed by atoms with Gasteiger partial charge in [0.1, 0.15) is 17.1 Å². The van der Waals surface area contributed by atoms with E-state index in [2.05, 4.69) is 19.7 Å². The van der Waals surface area contributed by atoms with Gasteiger partial charge in [0.05, 0.1) is 18.9 Å². The maximum atomic E-state index is 13.7. The summed E-state index contributed by atoms with van der Waals surface area (Å²) in [5.41, 5.74) is 3.76. The summed E-state index contributed by atoms with van der Waals surface area (Å²) in [4.78, 5) is 14.0. The van der Waals surface area contributed by atoms with E-state index >= 15 is 0 Å². The Morgan fingerprint density at radius 3 is 2.43 bits per heavy atom. The second kappa shape index (κ2) is 7.49. The van der Waals surface area contributed by atoms with Crippen molar-refractivity contribution >= 4 is 11.6 Å². The Kier molecular flexibility index (Phi) is 5.12. The molecule has 12 heteroatoms. The lowest BCUT2D eigenvalue weighted by Gasteiger charge is -2.29. The topological polar surface area (TPSA) is 86.4 Å². The highest BCUT2D eigenvalue weighted by molar-refractivity contribution is 5.67. The molecular weight excluding hydrogens is 413 g/mol. The molecule has 0 aromatic carbocycles. The molecular formula is C18H18F5N5O2. The first-order valence-corrected chi connectivity index (χ1v) is 9.19. The fourth-order valence-electron chi connectivity index (χ4n) is 3.30. The number of halogens is 5. The van der Waals surface area contributed by atoms with Gasteiger partial charge in [0, 0.05) is 30.9 Å². The maximum Gasteiger partial charge on any atom is 0.401 e. The van der Waals surface area contributed by atoms with E-state index in [1.165, 1.54) is 18.3 Å². The first-order valence-electron chi connectivity index (χ1n) is 9.19. The predicted octanol–water partition coefficient (Wildman–Crippen LogP) is 3.15. The van der Waals surface area contributed by atoms with Crippen molar-refractivity contribution in [2.24, 2.45) is 0 Å². The third-order valence-electron chi connectivity index (χ3n) is 5.16. The summed E-state index contributed by atoms with van der Waals surface area (Å²) in [6.45, 7) is -1.40. The molecule has 2 aromatic rings. The van der Waals surface area contributed by atoms with E-state index in [0.717, 1.165) is 0 Å². The van der Waals surface area contributed by atoms with Crippen LogP contribution < -0.4 is 15.4 Å². The fraction of sp³-hybridized carbons (Fsp3) is 0.500. The predicted molar refractivity (Wildman–Crippen MR) is 96.3 cm³/mol. The number of nitrogens with two attached hydrogens (primary N) is 1. The number of pyridine rings is 1. The monoisotopic (exact) mass is 431 g/mol. The van der Waals surface area contributed by atoms with Gasteiger partial charge in [-0.2, -0.15) is 22.0 Å². The molecule has 0 bridgehead atoms. The quantitative estimate of drug-likeness (QED) is 0.728. The van der Waals surface area contributed by atoms with Gasteiger partial charge in [-0.05, 0) is 18.9 Å². The Balaban J connectivity index is 1.80. The van der Waals surface area contributed by atoms with Crippen molar-refractivity contribution in [2.45, 2.75) is 31.0 Å². The molecule has 0 atom stereocenters. The zero-order valence-corrected chi connectivity index (χ0v) is 15.6. The normalized spacial score (nSPS) is 18.5. The van der Waals surface area contributed by atoms with Gasteiger partial charge >= 0.3 is 12.8 Å². The molecule has 0 spiro atoms. The number of aromatic nitrogens is 3. The SMILES string of the molecule is Nc1ncc(-c2cc(N3CCOCC3)nc(C3(C(F)(F)F)CC3)n2)cc1OC(F)F. The molecule has 30 heavy (non-hydrogen) atoms. The zero-order chi connectivity index (χ0) is 21.5. The molecule has 0 unspecified atom stereocenters. The summed E-state index contributed by atoms with van der Waals surface area (Å²) >= 11 is 0. The second-order valence-electron chi connectivity index (χ2n) is 7.10. The summed E-state index contributed by atoms with van der Waals surface area (Å²) in [5, 5.41) is 0. The summed E-state index contributed by atoms with van der Waals surface area (Å²) in [7, 11) is 0. The van der Waals surface area contributed by atoms with E-state index in [9.17, 15) is 22.0 Å². The van der Waals surface area contributed by atoms with Crippen molar-refractivity contribution in [3.05, 3.63) is 24.2 Å². The van der Waals surface area contributed by atoms with E-state index in [0.29, 0.717) is 32.1 Å². The van der Waals surface area contributed by atoms with Gasteiger partial charge in [-0.3, -0.25) is 0 Å². The Hall–Kier alpha value is -2.76. The fourth-order valence-corrected chi connectivity index (χ4v) is 3.30. The highest BCUT2D eigenvalue weighted by Crippen LogP contribution is 2.58. The number of morpholine rings is 1. The van der Waals surface area contributed by atoms with Crippen LogP contribution in [0.5, 0.6) is 5.75 Å². The first-order chi connectivity index (χ1) is 14.2. The van der Waals surface area contributed by atoms with Crippen LogP contribution in [0.3, 0.4) is 0 Å². The Bertz CT molecular complexity index is 930.